The molecule has 0 atom stereocenters. The zero-order chi connectivity index (χ0) is 18.3. The second-order valence-electron chi connectivity index (χ2n) is 9.38. The van der Waals surface area contributed by atoms with Gasteiger partial charge in [-0.05, 0) is 61.3 Å². The molecule has 5 aliphatic rings. The van der Waals surface area contributed by atoms with E-state index in [1.165, 1.54) is 44.2 Å². The number of nitrogens with two attached hydrogens (primary N) is 1. The normalized spacial score (nSPS) is 34.7. The lowest BCUT2D eigenvalue weighted by molar-refractivity contribution is -0.729. The maximum Gasteiger partial charge on any atom is 0.279 e. The van der Waals surface area contributed by atoms with Crippen molar-refractivity contribution in [3.8, 4) is 0 Å². The standard InChI is InChI=1S/C22H31N3O2/c26-21(15-23-22-12-16-9-17(13-22)11-18(10-16)14-22)24-19-1-3-20(4-2-19)25-5-7-27-8-6-25/h1-4,16-18,23H,5-15H2,(H,24,26)/p+1. The Morgan fingerprint density at radius 1 is 1.04 bits per heavy atom. The summed E-state index contributed by atoms with van der Waals surface area (Å²) in [5.74, 6) is 2.93. The second kappa shape index (κ2) is 7.10. The molecule has 146 valence electrons. The highest BCUT2D eigenvalue weighted by molar-refractivity contribution is 5.91. The summed E-state index contributed by atoms with van der Waals surface area (Å²) in [4.78, 5) is 14.9. The number of quaternary nitrogens is 1. The summed E-state index contributed by atoms with van der Waals surface area (Å²) in [7, 11) is 0. The fourth-order valence-corrected chi connectivity index (χ4v) is 6.53. The van der Waals surface area contributed by atoms with E-state index in [0.29, 0.717) is 12.1 Å². The van der Waals surface area contributed by atoms with Gasteiger partial charge in [0.05, 0.1) is 18.8 Å². The number of amides is 1. The molecule has 5 heteroatoms. The minimum atomic E-state index is 0.130. The highest BCUT2D eigenvalue weighted by Gasteiger charge is 2.53. The Balaban J connectivity index is 1.14. The van der Waals surface area contributed by atoms with E-state index in [0.717, 1.165) is 49.7 Å². The van der Waals surface area contributed by atoms with Gasteiger partial charge in [0.25, 0.3) is 5.91 Å². The van der Waals surface area contributed by atoms with Crippen molar-refractivity contribution >= 4 is 17.3 Å². The molecule has 5 nitrogen and oxygen atoms in total. The number of carbonyl (C=O) groups is 1. The molecule has 6 rings (SSSR count). The van der Waals surface area contributed by atoms with Crippen LogP contribution in [0.15, 0.2) is 24.3 Å². The van der Waals surface area contributed by atoms with Gasteiger partial charge in [0.2, 0.25) is 0 Å². The lowest BCUT2D eigenvalue weighted by Crippen LogP contribution is -3.00. The molecule has 0 spiro atoms. The van der Waals surface area contributed by atoms with Gasteiger partial charge in [-0.2, -0.15) is 0 Å². The van der Waals surface area contributed by atoms with Crippen molar-refractivity contribution in [3.63, 3.8) is 0 Å². The van der Waals surface area contributed by atoms with E-state index in [1.54, 1.807) is 0 Å². The topological polar surface area (TPSA) is 58.2 Å². The number of nitrogens with one attached hydrogen (secondary N) is 1. The summed E-state index contributed by atoms with van der Waals surface area (Å²) in [6.45, 7) is 4.01. The predicted octanol–water partition coefficient (Wildman–Crippen LogP) is 1.99. The van der Waals surface area contributed by atoms with Crippen molar-refractivity contribution in [2.75, 3.05) is 43.1 Å². The zero-order valence-electron chi connectivity index (χ0n) is 16.2. The van der Waals surface area contributed by atoms with Crippen LogP contribution in [0.1, 0.15) is 38.5 Å². The second-order valence-corrected chi connectivity index (χ2v) is 9.38. The molecule has 1 aromatic carbocycles. The lowest BCUT2D eigenvalue weighted by Gasteiger charge is -2.54. The van der Waals surface area contributed by atoms with Crippen molar-refractivity contribution in [2.24, 2.45) is 17.8 Å². The highest BCUT2D eigenvalue weighted by atomic mass is 16.5. The SMILES string of the molecule is O=C(C[NH2+]C12CC3CC(CC(C3)C1)C2)Nc1ccc(N2CCOCC2)cc1. The van der Waals surface area contributed by atoms with Gasteiger partial charge in [0.15, 0.2) is 6.54 Å². The molecule has 4 bridgehead atoms. The number of benzene rings is 1. The van der Waals surface area contributed by atoms with Crippen molar-refractivity contribution in [1.29, 1.82) is 0 Å². The van der Waals surface area contributed by atoms with E-state index >= 15 is 0 Å². The van der Waals surface area contributed by atoms with Gasteiger partial charge in [-0.3, -0.25) is 4.79 Å². The van der Waals surface area contributed by atoms with Gasteiger partial charge < -0.3 is 20.3 Å². The molecular weight excluding hydrogens is 338 g/mol. The smallest absolute Gasteiger partial charge is 0.279 e. The first-order chi connectivity index (χ1) is 13.2. The third-order valence-corrected chi connectivity index (χ3v) is 7.33. The van der Waals surface area contributed by atoms with Crippen molar-refractivity contribution < 1.29 is 14.8 Å². The van der Waals surface area contributed by atoms with Crippen LogP contribution in [0.25, 0.3) is 0 Å². The molecule has 5 fully saturated rings. The Hall–Kier alpha value is -1.59. The van der Waals surface area contributed by atoms with E-state index in [9.17, 15) is 4.79 Å². The summed E-state index contributed by atoms with van der Waals surface area (Å²) >= 11 is 0. The molecule has 4 saturated carbocycles. The van der Waals surface area contributed by atoms with Crippen LogP contribution in [0.3, 0.4) is 0 Å². The van der Waals surface area contributed by atoms with Crippen molar-refractivity contribution in [3.05, 3.63) is 24.3 Å². The molecule has 1 saturated heterocycles. The predicted molar refractivity (Wildman–Crippen MR) is 106 cm³/mol. The van der Waals surface area contributed by atoms with Crippen LogP contribution in [0.5, 0.6) is 0 Å². The summed E-state index contributed by atoms with van der Waals surface area (Å²) in [5, 5.41) is 5.48. The Morgan fingerprint density at radius 2 is 1.63 bits per heavy atom. The zero-order valence-corrected chi connectivity index (χ0v) is 16.2. The molecule has 1 heterocycles. The van der Waals surface area contributed by atoms with Crippen LogP contribution in [0, 0.1) is 17.8 Å². The number of rotatable bonds is 5. The van der Waals surface area contributed by atoms with Gasteiger partial charge >= 0.3 is 0 Å². The monoisotopic (exact) mass is 370 g/mol. The number of morpholine rings is 1. The number of carbonyl (C=O) groups excluding carboxylic acids is 1. The Labute approximate surface area is 161 Å². The number of ether oxygens (including phenoxy) is 1. The largest absolute Gasteiger partial charge is 0.378 e. The van der Waals surface area contributed by atoms with Crippen LogP contribution in [-0.2, 0) is 9.53 Å². The number of hydrogen-bond acceptors (Lipinski definition) is 3. The molecule has 0 radical (unpaired) electrons. The number of hydrogen-bond donors (Lipinski definition) is 2. The van der Waals surface area contributed by atoms with Gasteiger partial charge in [-0.1, -0.05) is 0 Å². The van der Waals surface area contributed by atoms with Crippen LogP contribution < -0.4 is 15.5 Å². The summed E-state index contributed by atoms with van der Waals surface area (Å²) in [6, 6.07) is 8.24. The third kappa shape index (κ3) is 3.72. The molecule has 0 unspecified atom stereocenters. The maximum atomic E-state index is 12.5. The fraction of sp³-hybridized carbons (Fsp3) is 0.682. The molecular formula is C22H32N3O2+. The third-order valence-electron chi connectivity index (χ3n) is 7.33. The van der Waals surface area contributed by atoms with Gasteiger partial charge in [-0.25, -0.2) is 0 Å². The molecule has 1 aliphatic heterocycles. The maximum absolute atomic E-state index is 12.5. The highest BCUT2D eigenvalue weighted by Crippen LogP contribution is 2.54. The van der Waals surface area contributed by atoms with Gasteiger partial charge in [0, 0.05) is 43.7 Å². The lowest BCUT2D eigenvalue weighted by atomic mass is 9.53. The fourth-order valence-electron chi connectivity index (χ4n) is 6.53. The molecule has 1 aromatic rings. The first kappa shape index (κ1) is 17.5. The van der Waals surface area contributed by atoms with Crippen LogP contribution in [0.2, 0.25) is 0 Å². The minimum Gasteiger partial charge on any atom is -0.378 e. The van der Waals surface area contributed by atoms with Gasteiger partial charge in [-0.15, -0.1) is 0 Å². The average molecular weight is 371 g/mol. The first-order valence-corrected chi connectivity index (χ1v) is 10.7. The molecule has 3 N–H and O–H groups in total. The van der Waals surface area contributed by atoms with Crippen molar-refractivity contribution in [1.82, 2.24) is 0 Å². The van der Waals surface area contributed by atoms with Crippen LogP contribution >= 0.6 is 0 Å². The van der Waals surface area contributed by atoms with Crippen LogP contribution in [-0.4, -0.2) is 44.3 Å². The molecule has 0 aromatic heterocycles. The van der Waals surface area contributed by atoms with E-state index < -0.39 is 0 Å². The van der Waals surface area contributed by atoms with E-state index in [1.807, 2.05) is 12.1 Å². The summed E-state index contributed by atoms with van der Waals surface area (Å²) in [5.41, 5.74) is 2.47. The summed E-state index contributed by atoms with van der Waals surface area (Å²) in [6.07, 6.45) is 8.36. The Morgan fingerprint density at radius 3 is 2.22 bits per heavy atom. The van der Waals surface area contributed by atoms with Gasteiger partial charge in [0.1, 0.15) is 0 Å². The van der Waals surface area contributed by atoms with Crippen LogP contribution in [0.4, 0.5) is 11.4 Å². The quantitative estimate of drug-likeness (QED) is 0.833. The van der Waals surface area contributed by atoms with E-state index in [-0.39, 0.29) is 5.91 Å². The van der Waals surface area contributed by atoms with Crippen molar-refractivity contribution in [2.45, 2.75) is 44.1 Å². The average Bonchev–Trinajstić information content (AvgIpc) is 2.67. The Bertz CT molecular complexity index is 646. The first-order valence-electron chi connectivity index (χ1n) is 10.7. The molecule has 27 heavy (non-hydrogen) atoms. The van der Waals surface area contributed by atoms with E-state index in [4.69, 9.17) is 4.74 Å². The number of anilines is 2. The van der Waals surface area contributed by atoms with E-state index in [2.05, 4.69) is 27.7 Å². The number of nitrogens with zero attached hydrogens (tertiary/aromatic N) is 1. The Kier molecular flexibility index (Phi) is 4.60. The minimum absolute atomic E-state index is 0.130. The molecule has 4 aliphatic carbocycles. The molecule has 1 amide bonds. The summed E-state index contributed by atoms with van der Waals surface area (Å²) < 4.78 is 5.41.